The fraction of sp³-hybridized carbons (Fsp3) is 1.00. The van der Waals surface area contributed by atoms with Gasteiger partial charge in [-0.15, -0.1) is 0 Å². The van der Waals surface area contributed by atoms with E-state index in [4.69, 9.17) is 0 Å². The first-order valence-electron chi connectivity index (χ1n) is 7.15. The van der Waals surface area contributed by atoms with E-state index in [2.05, 4.69) is 58.4 Å². The minimum absolute atomic E-state index is 0.279. The molecule has 0 aromatic carbocycles. The van der Waals surface area contributed by atoms with Crippen LogP contribution < -0.4 is 0 Å². The molecule has 0 amide bonds. The Hall–Kier alpha value is 1.18. The fourth-order valence-electron chi connectivity index (χ4n) is 3.00. The molecule has 1 aliphatic carbocycles. The smallest absolute Gasteiger partial charge is 0.0724 e. The van der Waals surface area contributed by atoms with E-state index < -0.39 is 8.07 Å². The van der Waals surface area contributed by atoms with Gasteiger partial charge in [0.15, 0.2) is 0 Å². The maximum Gasteiger partial charge on any atom is 0.0842 e. The molecule has 0 nitrogen and oxygen atoms in total. The Labute approximate surface area is 126 Å². The average Bonchev–Trinajstić information content (AvgIpc) is 2.75. The van der Waals surface area contributed by atoms with E-state index >= 15 is 0 Å². The van der Waals surface area contributed by atoms with Crippen LogP contribution in [0.4, 0.5) is 0 Å². The van der Waals surface area contributed by atoms with E-state index in [-0.39, 0.29) is 3.23 Å². The zero-order chi connectivity index (χ0) is 13.2. The fourth-order valence-corrected chi connectivity index (χ4v) is 11.3. The molecule has 102 valence electrons. The summed E-state index contributed by atoms with van der Waals surface area (Å²) in [6.07, 6.45) is 11.3. The Morgan fingerprint density at radius 3 is 1.82 bits per heavy atom. The molecule has 1 atom stereocenters. The van der Waals surface area contributed by atoms with Crippen molar-refractivity contribution in [1.82, 2.24) is 0 Å². The summed E-state index contributed by atoms with van der Waals surface area (Å²) >= 11 is 7.78. The van der Waals surface area contributed by atoms with Gasteiger partial charge in [0.25, 0.3) is 0 Å². The van der Waals surface area contributed by atoms with E-state index in [0.717, 1.165) is 0 Å². The third-order valence-corrected chi connectivity index (χ3v) is 11.0. The average molecular weight is 384 g/mol. The van der Waals surface area contributed by atoms with Crippen LogP contribution in [0.2, 0.25) is 24.7 Å². The number of halogens is 2. The first kappa shape index (κ1) is 16.2. The molecule has 1 aliphatic rings. The highest BCUT2D eigenvalue weighted by Gasteiger charge is 2.69. The van der Waals surface area contributed by atoms with Crippen molar-refractivity contribution in [2.24, 2.45) is 0 Å². The van der Waals surface area contributed by atoms with Gasteiger partial charge in [0.1, 0.15) is 0 Å². The lowest BCUT2D eigenvalue weighted by molar-refractivity contribution is 0.567. The van der Waals surface area contributed by atoms with Gasteiger partial charge in [-0.1, -0.05) is 96.9 Å². The van der Waals surface area contributed by atoms with Crippen LogP contribution in [-0.2, 0) is 0 Å². The van der Waals surface area contributed by atoms with Crippen LogP contribution in [0.25, 0.3) is 0 Å². The summed E-state index contributed by atoms with van der Waals surface area (Å²) in [6, 6.07) is 0. The molecule has 0 heterocycles. The minimum atomic E-state index is -1.08. The Kier molecular flexibility index (Phi) is 5.81. The highest BCUT2D eigenvalue weighted by atomic mass is 79.9. The Morgan fingerprint density at radius 2 is 1.41 bits per heavy atom. The monoisotopic (exact) mass is 382 g/mol. The second kappa shape index (κ2) is 6.09. The van der Waals surface area contributed by atoms with Gasteiger partial charge in [-0.05, 0) is 17.9 Å². The zero-order valence-corrected chi connectivity index (χ0v) is 16.1. The molecule has 0 aliphatic heterocycles. The van der Waals surface area contributed by atoms with Gasteiger partial charge in [-0.2, -0.15) is 0 Å². The summed E-state index contributed by atoms with van der Waals surface area (Å²) in [5, 5.41) is 0.602. The van der Waals surface area contributed by atoms with Crippen molar-refractivity contribution in [2.75, 3.05) is 0 Å². The van der Waals surface area contributed by atoms with Crippen molar-refractivity contribution >= 4 is 39.9 Å². The van der Waals surface area contributed by atoms with Crippen LogP contribution in [0.3, 0.4) is 0 Å². The molecule has 1 saturated carbocycles. The van der Waals surface area contributed by atoms with E-state index in [1.165, 1.54) is 51.4 Å². The quantitative estimate of drug-likeness (QED) is 0.248. The molecule has 0 aromatic heterocycles. The number of hydrogen-bond donors (Lipinski definition) is 0. The van der Waals surface area contributed by atoms with Crippen LogP contribution in [0.1, 0.15) is 58.3 Å². The highest BCUT2D eigenvalue weighted by molar-refractivity contribution is 9.25. The summed E-state index contributed by atoms with van der Waals surface area (Å²) in [6.45, 7) is 9.85. The van der Waals surface area contributed by atoms with E-state index in [0.29, 0.717) is 5.04 Å². The molecule has 1 rings (SSSR count). The van der Waals surface area contributed by atoms with Crippen molar-refractivity contribution in [2.45, 2.75) is 86.2 Å². The van der Waals surface area contributed by atoms with Gasteiger partial charge in [-0.25, -0.2) is 0 Å². The van der Waals surface area contributed by atoms with Crippen LogP contribution in [0.15, 0.2) is 0 Å². The molecule has 0 radical (unpaired) electrons. The summed E-state index contributed by atoms with van der Waals surface area (Å²) in [5.74, 6) is 0. The Bertz CT molecular complexity index is 245. The third kappa shape index (κ3) is 3.82. The van der Waals surface area contributed by atoms with Gasteiger partial charge in [-0.3, -0.25) is 0 Å². The maximum atomic E-state index is 3.89. The molecular formula is C14H28Br2Si. The number of alkyl halides is 2. The second-order valence-electron chi connectivity index (χ2n) is 6.73. The molecular weight excluding hydrogens is 356 g/mol. The zero-order valence-electron chi connectivity index (χ0n) is 11.9. The molecule has 0 N–H and O–H groups in total. The van der Waals surface area contributed by atoms with Crippen molar-refractivity contribution in [3.63, 3.8) is 0 Å². The van der Waals surface area contributed by atoms with Crippen LogP contribution >= 0.6 is 31.9 Å². The van der Waals surface area contributed by atoms with E-state index in [1.807, 2.05) is 0 Å². The number of hydrogen-bond acceptors (Lipinski definition) is 0. The second-order valence-corrected chi connectivity index (χ2v) is 16.0. The summed E-state index contributed by atoms with van der Waals surface area (Å²) < 4.78 is 0.279. The van der Waals surface area contributed by atoms with Crippen molar-refractivity contribution in [3.8, 4) is 0 Å². The standard InChI is InChI=1S/C14H28Br2Si/c1-5-6-7-8-9-10-11-13(17(2,3)4)12-14(13,15)16/h5-12H2,1-4H3. The summed E-state index contributed by atoms with van der Waals surface area (Å²) in [4.78, 5) is 0. The first-order chi connectivity index (χ1) is 7.77. The summed E-state index contributed by atoms with van der Waals surface area (Å²) in [7, 11) is -1.08. The minimum Gasteiger partial charge on any atom is -0.0724 e. The van der Waals surface area contributed by atoms with Crippen molar-refractivity contribution < 1.29 is 0 Å². The highest BCUT2D eigenvalue weighted by Crippen LogP contribution is 2.78. The molecule has 17 heavy (non-hydrogen) atoms. The van der Waals surface area contributed by atoms with Gasteiger partial charge in [0, 0.05) is 0 Å². The molecule has 3 heteroatoms. The van der Waals surface area contributed by atoms with Gasteiger partial charge >= 0.3 is 0 Å². The largest absolute Gasteiger partial charge is 0.0842 e. The normalized spacial score (nSPS) is 27.2. The Balaban J connectivity index is 2.30. The lowest BCUT2D eigenvalue weighted by Gasteiger charge is -2.31. The summed E-state index contributed by atoms with van der Waals surface area (Å²) in [5.41, 5.74) is 0. The van der Waals surface area contributed by atoms with Crippen molar-refractivity contribution in [3.05, 3.63) is 0 Å². The molecule has 0 spiro atoms. The molecule has 0 aromatic rings. The Morgan fingerprint density at radius 1 is 0.941 bits per heavy atom. The molecule has 1 unspecified atom stereocenters. The lowest BCUT2D eigenvalue weighted by atomic mass is 10.1. The third-order valence-electron chi connectivity index (χ3n) is 4.49. The predicted octanol–water partition coefficient (Wildman–Crippen LogP) is 6.71. The lowest BCUT2D eigenvalue weighted by Crippen LogP contribution is -2.33. The number of rotatable bonds is 8. The molecule has 0 bridgehead atoms. The van der Waals surface area contributed by atoms with Crippen LogP contribution in [0, 0.1) is 0 Å². The predicted molar refractivity (Wildman–Crippen MR) is 89.2 cm³/mol. The maximum absolute atomic E-state index is 3.89. The topological polar surface area (TPSA) is 0 Å². The molecule has 0 saturated heterocycles. The van der Waals surface area contributed by atoms with E-state index in [9.17, 15) is 0 Å². The van der Waals surface area contributed by atoms with Crippen LogP contribution in [-0.4, -0.2) is 11.3 Å². The van der Waals surface area contributed by atoms with E-state index in [1.54, 1.807) is 0 Å². The number of unbranched alkanes of at least 4 members (excludes halogenated alkanes) is 5. The molecule has 1 fully saturated rings. The SMILES string of the molecule is CCCCCCCCC1([Si](C)(C)C)CC1(Br)Br. The van der Waals surface area contributed by atoms with Gasteiger partial charge in [0.2, 0.25) is 0 Å². The first-order valence-corrected chi connectivity index (χ1v) is 12.2. The van der Waals surface area contributed by atoms with Crippen LogP contribution in [0.5, 0.6) is 0 Å². The van der Waals surface area contributed by atoms with Gasteiger partial charge in [0.05, 0.1) is 11.3 Å². The van der Waals surface area contributed by atoms with Crippen molar-refractivity contribution in [1.29, 1.82) is 0 Å². The van der Waals surface area contributed by atoms with Gasteiger partial charge < -0.3 is 0 Å².